The van der Waals surface area contributed by atoms with Gasteiger partial charge in [-0.15, -0.1) is 0 Å². The minimum atomic E-state index is -7.91. The Kier molecular flexibility index (Phi) is 9.82. The first-order valence-electron chi connectivity index (χ1n) is 11.4. The van der Waals surface area contributed by atoms with Gasteiger partial charge in [0.05, 0.1) is 0 Å². The predicted octanol–water partition coefficient (Wildman–Crippen LogP) is 8.39. The van der Waals surface area contributed by atoms with Crippen LogP contribution in [0.15, 0.2) is 30.8 Å². The van der Waals surface area contributed by atoms with Gasteiger partial charge in [-0.1, -0.05) is 36.9 Å². The summed E-state index contributed by atoms with van der Waals surface area (Å²) in [5.74, 6) is -37.6. The molecule has 40 heavy (non-hydrogen) atoms. The molecule has 0 aromatic heterocycles. The maximum atomic E-state index is 16.2. The van der Waals surface area contributed by atoms with Gasteiger partial charge in [0.25, 0.3) is 0 Å². The van der Waals surface area contributed by atoms with Crippen molar-refractivity contribution in [3.8, 4) is 0 Å². The van der Waals surface area contributed by atoms with Gasteiger partial charge in [-0.05, 0) is 51.8 Å². The molecule has 1 aromatic rings. The van der Waals surface area contributed by atoms with Crippen molar-refractivity contribution in [1.82, 2.24) is 0 Å². The van der Waals surface area contributed by atoms with Crippen molar-refractivity contribution in [2.75, 3.05) is 0 Å². The summed E-state index contributed by atoms with van der Waals surface area (Å²) < 4.78 is 201. The average molecular weight is 657 g/mol. The summed E-state index contributed by atoms with van der Waals surface area (Å²) in [7, 11) is -13.8. The van der Waals surface area contributed by atoms with Gasteiger partial charge in [-0.2, -0.15) is 52.7 Å². The molecule has 0 N–H and O–H groups in total. The summed E-state index contributed by atoms with van der Waals surface area (Å²) in [6, 6.07) is 3.92. The van der Waals surface area contributed by atoms with Crippen LogP contribution in [0, 0.1) is 0 Å². The summed E-state index contributed by atoms with van der Waals surface area (Å²) >= 11 is 0. The zero-order valence-corrected chi connectivity index (χ0v) is 25.4. The summed E-state index contributed by atoms with van der Waals surface area (Å²) in [6.07, 6.45) is -3.44. The van der Waals surface area contributed by atoms with Crippen LogP contribution in [0.25, 0.3) is 6.08 Å². The molecule has 0 bridgehead atoms. The lowest BCUT2D eigenvalue weighted by atomic mass is 9.92. The minimum Gasteiger partial charge on any atom is -0.430 e. The van der Waals surface area contributed by atoms with Crippen molar-refractivity contribution in [2.45, 2.75) is 87.5 Å². The highest BCUT2D eigenvalue weighted by atomic mass is 28.5. The van der Waals surface area contributed by atoms with E-state index in [0.29, 0.717) is 0 Å². The van der Waals surface area contributed by atoms with E-state index in [9.17, 15) is 39.5 Å². The zero-order chi connectivity index (χ0) is 32.2. The van der Waals surface area contributed by atoms with Gasteiger partial charge in [0.2, 0.25) is 0 Å². The molecule has 0 aliphatic rings. The number of halogens is 13. The van der Waals surface area contributed by atoms with Crippen LogP contribution < -0.4 is 5.19 Å². The Balaban J connectivity index is 4.27. The van der Waals surface area contributed by atoms with E-state index >= 15 is 17.6 Å². The fourth-order valence-electron chi connectivity index (χ4n) is 3.52. The molecule has 0 heterocycles. The Morgan fingerprint density at radius 1 is 0.675 bits per heavy atom. The van der Waals surface area contributed by atoms with E-state index in [4.69, 9.17) is 8.23 Å². The Bertz CT molecular complexity index is 1050. The molecule has 2 nitrogen and oxygen atoms in total. The molecule has 1 unspecified atom stereocenters. The molecule has 232 valence electrons. The maximum Gasteiger partial charge on any atom is 0.436 e. The Morgan fingerprint density at radius 3 is 1.40 bits per heavy atom. The van der Waals surface area contributed by atoms with E-state index in [1.54, 1.807) is 0 Å². The van der Waals surface area contributed by atoms with Gasteiger partial charge in [-0.3, -0.25) is 0 Å². The van der Waals surface area contributed by atoms with Crippen molar-refractivity contribution in [2.24, 2.45) is 0 Å². The molecule has 1 rings (SSSR count). The number of rotatable bonds is 13. The summed E-state index contributed by atoms with van der Waals surface area (Å²) in [4.78, 5) is 0. The molecule has 0 saturated carbocycles. The lowest BCUT2D eigenvalue weighted by Crippen LogP contribution is -2.82. The molecule has 0 aliphatic carbocycles. The standard InChI is InChI=1S/C22H29F13O2Si3/c1-9-15-12-10-11-13-16(15)40(36-38(3,4)5,37-39(6,7)8)22(34,35)21(32,33)20(30,31)19(28,29)18(26,27)17(24,25)14(2)23/h9-14H,1H2,2-8H3. The third-order valence-electron chi connectivity index (χ3n) is 5.34. The van der Waals surface area contributed by atoms with Crippen molar-refractivity contribution in [3.63, 3.8) is 0 Å². The van der Waals surface area contributed by atoms with Gasteiger partial charge in [0.15, 0.2) is 22.8 Å². The highest BCUT2D eigenvalue weighted by Crippen LogP contribution is 2.62. The van der Waals surface area contributed by atoms with Crippen LogP contribution in [-0.2, 0) is 8.23 Å². The molecule has 0 spiro atoms. The third kappa shape index (κ3) is 5.79. The average Bonchev–Trinajstić information content (AvgIpc) is 2.75. The van der Waals surface area contributed by atoms with E-state index in [0.717, 1.165) is 63.6 Å². The van der Waals surface area contributed by atoms with Gasteiger partial charge in [0.1, 0.15) is 0 Å². The van der Waals surface area contributed by atoms with Crippen molar-refractivity contribution in [1.29, 1.82) is 0 Å². The van der Waals surface area contributed by atoms with Crippen LogP contribution in [0.5, 0.6) is 0 Å². The molecule has 0 fully saturated rings. The number of hydrogen-bond acceptors (Lipinski definition) is 2. The zero-order valence-electron chi connectivity index (χ0n) is 22.4. The van der Waals surface area contributed by atoms with E-state index in [1.165, 1.54) is 6.07 Å². The fraction of sp³-hybridized carbons (Fsp3) is 0.636. The summed E-state index contributed by atoms with van der Waals surface area (Å²) in [6.45, 7) is 9.79. The smallest absolute Gasteiger partial charge is 0.430 e. The first kappa shape index (κ1) is 36.6. The number of alkyl halides is 13. The normalized spacial score (nSPS) is 16.2. The molecule has 0 aliphatic heterocycles. The van der Waals surface area contributed by atoms with Gasteiger partial charge in [-0.25, -0.2) is 4.39 Å². The Hall–Kier alpha value is -1.38. The van der Waals surface area contributed by atoms with Crippen molar-refractivity contribution in [3.05, 3.63) is 36.4 Å². The van der Waals surface area contributed by atoms with E-state index in [2.05, 4.69) is 6.58 Å². The van der Waals surface area contributed by atoms with Crippen molar-refractivity contribution < 1.29 is 65.3 Å². The van der Waals surface area contributed by atoms with Crippen LogP contribution in [0.3, 0.4) is 0 Å². The van der Waals surface area contributed by atoms with Crippen LogP contribution in [-0.4, -0.2) is 66.5 Å². The molecule has 0 radical (unpaired) electrons. The first-order chi connectivity index (χ1) is 17.4. The largest absolute Gasteiger partial charge is 0.436 e. The van der Waals surface area contributed by atoms with Crippen LogP contribution in [0.4, 0.5) is 57.1 Å². The Labute approximate surface area is 226 Å². The molecule has 0 saturated heterocycles. The van der Waals surface area contributed by atoms with E-state index < -0.39 is 84.2 Å². The molecular weight excluding hydrogens is 627 g/mol. The fourth-order valence-corrected chi connectivity index (χ4v) is 14.7. The van der Waals surface area contributed by atoms with Crippen molar-refractivity contribution >= 4 is 36.5 Å². The highest BCUT2D eigenvalue weighted by Gasteiger charge is 2.94. The molecule has 0 amide bonds. The highest BCUT2D eigenvalue weighted by molar-refractivity contribution is 6.96. The second-order valence-corrected chi connectivity index (χ2v) is 23.4. The molecule has 1 aromatic carbocycles. The van der Waals surface area contributed by atoms with Gasteiger partial charge in [0, 0.05) is 5.19 Å². The second kappa shape index (κ2) is 10.7. The summed E-state index contributed by atoms with van der Waals surface area (Å²) in [5, 5.41) is -0.965. The monoisotopic (exact) mass is 656 g/mol. The Morgan fingerprint density at radius 2 is 1.05 bits per heavy atom. The molecule has 1 atom stereocenters. The van der Waals surface area contributed by atoms with E-state index in [1.807, 2.05) is 0 Å². The number of benzene rings is 1. The lowest BCUT2D eigenvalue weighted by Gasteiger charge is -2.49. The van der Waals surface area contributed by atoms with E-state index in [-0.39, 0.29) is 0 Å². The van der Waals surface area contributed by atoms with Crippen LogP contribution in [0.1, 0.15) is 12.5 Å². The SMILES string of the molecule is C=Cc1ccccc1[Si](O[Si](C)(C)C)(O[Si](C)(C)C)C(F)(F)C(F)(F)C(F)(F)C(F)(F)C(F)(F)C(F)(F)C(C)F. The predicted molar refractivity (Wildman–Crippen MR) is 131 cm³/mol. The lowest BCUT2D eigenvalue weighted by molar-refractivity contribution is -0.423. The maximum absolute atomic E-state index is 16.2. The second-order valence-electron chi connectivity index (χ2n) is 10.9. The van der Waals surface area contributed by atoms with Crippen LogP contribution >= 0.6 is 0 Å². The minimum absolute atomic E-state index is 0.417. The topological polar surface area (TPSA) is 18.5 Å². The molecule has 18 heteroatoms. The summed E-state index contributed by atoms with van der Waals surface area (Å²) in [5.41, 5.74) is -6.95. The van der Waals surface area contributed by atoms with Gasteiger partial charge >= 0.3 is 43.7 Å². The number of hydrogen-bond donors (Lipinski definition) is 0. The van der Waals surface area contributed by atoms with Crippen LogP contribution in [0.2, 0.25) is 39.3 Å². The van der Waals surface area contributed by atoms with Gasteiger partial charge < -0.3 is 8.23 Å². The third-order valence-corrected chi connectivity index (χ3v) is 14.8. The quantitative estimate of drug-likeness (QED) is 0.157. The first-order valence-corrected chi connectivity index (χ1v) is 20.1. The molecular formula is C22H29F13O2Si3.